The van der Waals surface area contributed by atoms with Crippen molar-refractivity contribution >= 4 is 23.0 Å². The molecule has 3 unspecified atom stereocenters. The molecule has 1 saturated heterocycles. The van der Waals surface area contributed by atoms with Crippen LogP contribution in [0.1, 0.15) is 13.2 Å². The number of carbonyl (C=O) groups is 1. The van der Waals surface area contributed by atoms with E-state index in [1.807, 2.05) is 0 Å². The molecule has 1 aliphatic rings. The quantitative estimate of drug-likeness (QED) is 0.543. The van der Waals surface area contributed by atoms with Crippen molar-refractivity contribution in [2.75, 3.05) is 5.73 Å². The Morgan fingerprint density at radius 2 is 2.18 bits per heavy atom. The molecule has 3 heterocycles. The zero-order valence-electron chi connectivity index (χ0n) is 11.6. The number of hydrogen-bond donors (Lipinski definition) is 4. The van der Waals surface area contributed by atoms with Crippen LogP contribution in [0.4, 0.5) is 5.82 Å². The van der Waals surface area contributed by atoms with Crippen LogP contribution >= 0.6 is 0 Å². The van der Waals surface area contributed by atoms with Gasteiger partial charge in [-0.2, -0.15) is 0 Å². The fraction of sp³-hybridized carbons (Fsp3) is 0.500. The average Bonchev–Trinajstić information content (AvgIpc) is 3.02. The molecule has 3 rings (SSSR count). The summed E-state index contributed by atoms with van der Waals surface area (Å²) in [5, 5.41) is 28.6. The summed E-state index contributed by atoms with van der Waals surface area (Å²) in [5.41, 5.74) is 6.50. The third kappa shape index (κ3) is 2.08. The van der Waals surface area contributed by atoms with Crippen LogP contribution < -0.4 is 5.73 Å². The zero-order valence-corrected chi connectivity index (χ0v) is 11.6. The van der Waals surface area contributed by atoms with Gasteiger partial charge in [0.25, 0.3) is 0 Å². The van der Waals surface area contributed by atoms with Crippen LogP contribution in [-0.4, -0.2) is 59.1 Å². The Bertz CT molecular complexity index is 719. The molecule has 0 aromatic carbocycles. The van der Waals surface area contributed by atoms with E-state index in [4.69, 9.17) is 15.6 Å². The molecule has 10 heteroatoms. The highest BCUT2D eigenvalue weighted by Gasteiger charge is 2.47. The van der Waals surface area contributed by atoms with Gasteiger partial charge in [-0.3, -0.25) is 4.57 Å². The lowest BCUT2D eigenvalue weighted by Crippen LogP contribution is -2.41. The standard InChI is InChI=1S/C12H15N5O5/c1-4-6(18)8(7(19)12(20)21)22-11(4)17-3-16-5-9(13)14-2-15-10(5)17/h2-4,6-8,11,18-19H,1H3,(H,20,21)(H2,13,14,15)/t4?,6?,7?,8-,11+/m0/s1. The number of carboxylic acid groups (broad SMARTS) is 1. The van der Waals surface area contributed by atoms with Crippen LogP contribution in [-0.2, 0) is 9.53 Å². The van der Waals surface area contributed by atoms with E-state index in [1.165, 1.54) is 17.2 Å². The van der Waals surface area contributed by atoms with Crippen molar-refractivity contribution in [3.8, 4) is 0 Å². The van der Waals surface area contributed by atoms with E-state index in [9.17, 15) is 15.0 Å². The molecule has 2 aromatic heterocycles. The first kappa shape index (κ1) is 14.6. The topological polar surface area (TPSA) is 157 Å². The van der Waals surface area contributed by atoms with Crippen LogP contribution in [0, 0.1) is 5.92 Å². The van der Waals surface area contributed by atoms with Crippen molar-refractivity contribution in [3.63, 3.8) is 0 Å². The van der Waals surface area contributed by atoms with Crippen molar-refractivity contribution in [2.24, 2.45) is 5.92 Å². The average molecular weight is 309 g/mol. The van der Waals surface area contributed by atoms with Gasteiger partial charge in [-0.05, 0) is 0 Å². The first-order valence-corrected chi connectivity index (χ1v) is 6.59. The van der Waals surface area contributed by atoms with E-state index in [0.29, 0.717) is 11.2 Å². The van der Waals surface area contributed by atoms with Crippen LogP contribution in [0.3, 0.4) is 0 Å². The van der Waals surface area contributed by atoms with Crippen molar-refractivity contribution in [1.82, 2.24) is 19.5 Å². The maximum atomic E-state index is 10.9. The third-order valence-corrected chi connectivity index (χ3v) is 3.85. The van der Waals surface area contributed by atoms with Gasteiger partial charge in [-0.25, -0.2) is 19.7 Å². The first-order valence-electron chi connectivity index (χ1n) is 6.59. The Morgan fingerprint density at radius 3 is 2.86 bits per heavy atom. The highest BCUT2D eigenvalue weighted by molar-refractivity contribution is 5.81. The number of carboxylic acids is 1. The minimum absolute atomic E-state index is 0.206. The van der Waals surface area contributed by atoms with E-state index < -0.39 is 36.4 Å². The summed E-state index contributed by atoms with van der Waals surface area (Å²) in [6.45, 7) is 1.68. The van der Waals surface area contributed by atoms with Crippen LogP contribution in [0.2, 0.25) is 0 Å². The maximum absolute atomic E-state index is 10.9. The second kappa shape index (κ2) is 5.16. The number of aliphatic hydroxyl groups is 2. The Kier molecular flexibility index (Phi) is 3.43. The molecule has 0 saturated carbocycles. The molecule has 0 spiro atoms. The molecular weight excluding hydrogens is 294 g/mol. The van der Waals surface area contributed by atoms with Gasteiger partial charge in [0.05, 0.1) is 12.4 Å². The van der Waals surface area contributed by atoms with Gasteiger partial charge in [-0.15, -0.1) is 0 Å². The molecule has 5 N–H and O–H groups in total. The molecular formula is C12H15N5O5. The van der Waals surface area contributed by atoms with E-state index in [-0.39, 0.29) is 5.82 Å². The minimum Gasteiger partial charge on any atom is -0.479 e. The number of anilines is 1. The monoisotopic (exact) mass is 309 g/mol. The van der Waals surface area contributed by atoms with Crippen molar-refractivity contribution in [2.45, 2.75) is 31.5 Å². The molecule has 22 heavy (non-hydrogen) atoms. The summed E-state index contributed by atoms with van der Waals surface area (Å²) in [7, 11) is 0. The Labute approximate surface area is 124 Å². The molecule has 0 aliphatic carbocycles. The SMILES string of the molecule is CC1C(O)[C@@H](C(O)C(=O)O)O[C@H]1n1cnc2c(N)ncnc21. The molecule has 5 atom stereocenters. The second-order valence-electron chi connectivity index (χ2n) is 5.21. The number of rotatable bonds is 3. The Balaban J connectivity index is 1.98. The van der Waals surface area contributed by atoms with Crippen molar-refractivity contribution in [1.29, 1.82) is 0 Å². The summed E-state index contributed by atoms with van der Waals surface area (Å²) in [6.07, 6.45) is -2.23. The van der Waals surface area contributed by atoms with E-state index in [1.54, 1.807) is 6.92 Å². The predicted molar refractivity (Wildman–Crippen MR) is 72.5 cm³/mol. The third-order valence-electron chi connectivity index (χ3n) is 3.85. The minimum atomic E-state index is -1.82. The zero-order chi connectivity index (χ0) is 16.0. The smallest absolute Gasteiger partial charge is 0.335 e. The fourth-order valence-electron chi connectivity index (χ4n) is 2.61. The van der Waals surface area contributed by atoms with Gasteiger partial charge in [0.1, 0.15) is 24.2 Å². The lowest BCUT2D eigenvalue weighted by Gasteiger charge is -2.18. The number of nitrogen functional groups attached to an aromatic ring is 1. The van der Waals surface area contributed by atoms with Crippen molar-refractivity contribution in [3.05, 3.63) is 12.7 Å². The molecule has 2 aromatic rings. The summed E-state index contributed by atoms with van der Waals surface area (Å²) in [6, 6.07) is 0. The number of aromatic nitrogens is 4. The molecule has 118 valence electrons. The van der Waals surface area contributed by atoms with E-state index >= 15 is 0 Å². The summed E-state index contributed by atoms with van der Waals surface area (Å²) in [4.78, 5) is 22.9. The van der Waals surface area contributed by atoms with Gasteiger partial charge >= 0.3 is 5.97 Å². The number of aliphatic carboxylic acids is 1. The number of ether oxygens (including phenoxy) is 1. The first-order chi connectivity index (χ1) is 10.4. The van der Waals surface area contributed by atoms with Gasteiger partial charge in [0.2, 0.25) is 0 Å². The summed E-state index contributed by atoms with van der Waals surface area (Å²) >= 11 is 0. The normalized spacial score (nSPS) is 29.8. The largest absolute Gasteiger partial charge is 0.479 e. The number of nitrogens with two attached hydrogens (primary N) is 1. The van der Waals surface area contributed by atoms with Gasteiger partial charge < -0.3 is 25.8 Å². The Hall–Kier alpha value is -2.30. The fourth-order valence-corrected chi connectivity index (χ4v) is 2.61. The number of aliphatic hydroxyl groups excluding tert-OH is 2. The molecule has 10 nitrogen and oxygen atoms in total. The van der Waals surface area contributed by atoms with Gasteiger partial charge in [0, 0.05) is 5.92 Å². The van der Waals surface area contributed by atoms with E-state index in [0.717, 1.165) is 0 Å². The highest BCUT2D eigenvalue weighted by Crippen LogP contribution is 2.37. The lowest BCUT2D eigenvalue weighted by molar-refractivity contribution is -0.160. The number of imidazole rings is 1. The van der Waals surface area contributed by atoms with Gasteiger partial charge in [-0.1, -0.05) is 6.92 Å². The molecule has 0 amide bonds. The van der Waals surface area contributed by atoms with Crippen molar-refractivity contribution < 1.29 is 24.9 Å². The second-order valence-corrected chi connectivity index (χ2v) is 5.21. The summed E-state index contributed by atoms with van der Waals surface area (Å²) in [5.74, 6) is -1.73. The highest BCUT2D eigenvalue weighted by atomic mass is 16.6. The van der Waals surface area contributed by atoms with Gasteiger partial charge in [0.15, 0.2) is 17.6 Å². The van der Waals surface area contributed by atoms with E-state index in [2.05, 4.69) is 15.0 Å². The molecule has 1 fully saturated rings. The number of fused-ring (bicyclic) bond motifs is 1. The maximum Gasteiger partial charge on any atom is 0.335 e. The molecule has 0 radical (unpaired) electrons. The molecule has 1 aliphatic heterocycles. The van der Waals surface area contributed by atoms with Crippen LogP contribution in [0.25, 0.3) is 11.2 Å². The lowest BCUT2D eigenvalue weighted by atomic mass is 9.99. The van der Waals surface area contributed by atoms with Crippen LogP contribution in [0.5, 0.6) is 0 Å². The Morgan fingerprint density at radius 1 is 1.45 bits per heavy atom. The summed E-state index contributed by atoms with van der Waals surface area (Å²) < 4.78 is 7.08. The predicted octanol–water partition coefficient (Wildman–Crippen LogP) is -1.25. The van der Waals surface area contributed by atoms with Crippen LogP contribution in [0.15, 0.2) is 12.7 Å². The molecule has 0 bridgehead atoms. The number of hydrogen-bond acceptors (Lipinski definition) is 8. The number of nitrogens with zero attached hydrogens (tertiary/aromatic N) is 4.